The molecule has 0 bridgehead atoms. The van der Waals surface area contributed by atoms with Gasteiger partial charge in [0.2, 0.25) is 0 Å². The molecule has 1 rings (SSSR count). The van der Waals surface area contributed by atoms with Crippen LogP contribution in [0, 0.1) is 0 Å². The predicted molar refractivity (Wildman–Crippen MR) is 92.0 cm³/mol. The van der Waals surface area contributed by atoms with E-state index in [4.69, 9.17) is 9.47 Å². The molecule has 124 valence electrons. The van der Waals surface area contributed by atoms with Crippen LogP contribution >= 0.6 is 0 Å². The highest BCUT2D eigenvalue weighted by atomic mass is 16.5. The zero-order valence-corrected chi connectivity index (χ0v) is 14.2. The maximum absolute atomic E-state index is 5.87. The van der Waals surface area contributed by atoms with Gasteiger partial charge in [-0.25, -0.2) is 0 Å². The molecule has 0 spiro atoms. The number of benzene rings is 1. The Bertz CT molecular complexity index is 449. The highest BCUT2D eigenvalue weighted by Crippen LogP contribution is 2.19. The molecular formula is C17H29N3O2. The van der Waals surface area contributed by atoms with Crippen LogP contribution in [0.15, 0.2) is 29.3 Å². The Hall–Kier alpha value is -1.91. The van der Waals surface area contributed by atoms with Crippen molar-refractivity contribution in [1.29, 1.82) is 0 Å². The lowest BCUT2D eigenvalue weighted by molar-refractivity contribution is 0.223. The molecule has 0 fully saturated rings. The lowest BCUT2D eigenvalue weighted by Gasteiger charge is -2.18. The van der Waals surface area contributed by atoms with Crippen molar-refractivity contribution in [2.24, 2.45) is 4.99 Å². The average Bonchev–Trinajstić information content (AvgIpc) is 2.54. The number of guanidine groups is 1. The van der Waals surface area contributed by atoms with Gasteiger partial charge >= 0.3 is 0 Å². The first-order chi connectivity index (χ1) is 10.7. The standard InChI is InChI=1S/C17H29N3O2/c1-5-6-7-11-19-17(18-3)20-13-14(2)22-16-10-8-9-15(12-16)21-4/h8-10,12,14H,5-7,11,13H2,1-4H3,(H2,18,19,20). The van der Waals surface area contributed by atoms with Crippen LogP contribution in [0.2, 0.25) is 0 Å². The van der Waals surface area contributed by atoms with E-state index < -0.39 is 0 Å². The zero-order valence-electron chi connectivity index (χ0n) is 14.2. The van der Waals surface area contributed by atoms with Crippen molar-refractivity contribution in [1.82, 2.24) is 10.6 Å². The lowest BCUT2D eigenvalue weighted by Crippen LogP contribution is -2.42. The van der Waals surface area contributed by atoms with Crippen LogP contribution < -0.4 is 20.1 Å². The van der Waals surface area contributed by atoms with Crippen LogP contribution in [0.1, 0.15) is 33.1 Å². The fourth-order valence-corrected chi connectivity index (χ4v) is 1.99. The van der Waals surface area contributed by atoms with Gasteiger partial charge in [-0.1, -0.05) is 25.8 Å². The van der Waals surface area contributed by atoms with E-state index in [1.807, 2.05) is 31.2 Å². The highest BCUT2D eigenvalue weighted by Gasteiger charge is 2.06. The molecule has 22 heavy (non-hydrogen) atoms. The summed E-state index contributed by atoms with van der Waals surface area (Å²) in [6.45, 7) is 5.85. The van der Waals surface area contributed by atoms with Crippen LogP contribution in [0.25, 0.3) is 0 Å². The Labute approximate surface area is 134 Å². The first kappa shape index (κ1) is 18.1. The second-order valence-corrected chi connectivity index (χ2v) is 5.19. The fourth-order valence-electron chi connectivity index (χ4n) is 1.99. The SMILES string of the molecule is CCCCCNC(=NC)NCC(C)Oc1cccc(OC)c1. The molecule has 0 aliphatic rings. The summed E-state index contributed by atoms with van der Waals surface area (Å²) in [6.07, 6.45) is 3.65. The van der Waals surface area contributed by atoms with E-state index in [9.17, 15) is 0 Å². The summed E-state index contributed by atoms with van der Waals surface area (Å²) >= 11 is 0. The quantitative estimate of drug-likeness (QED) is 0.418. The normalized spacial score (nSPS) is 12.6. The second kappa shape index (κ2) is 10.8. The maximum atomic E-state index is 5.87. The van der Waals surface area contributed by atoms with Gasteiger partial charge in [-0.3, -0.25) is 4.99 Å². The number of methoxy groups -OCH3 is 1. The molecule has 0 saturated heterocycles. The van der Waals surface area contributed by atoms with Gasteiger partial charge in [0.1, 0.15) is 17.6 Å². The summed E-state index contributed by atoms with van der Waals surface area (Å²) in [5.74, 6) is 2.42. The molecule has 2 N–H and O–H groups in total. The van der Waals surface area contributed by atoms with E-state index in [1.54, 1.807) is 14.2 Å². The van der Waals surface area contributed by atoms with Gasteiger partial charge in [0.05, 0.1) is 13.7 Å². The monoisotopic (exact) mass is 307 g/mol. The second-order valence-electron chi connectivity index (χ2n) is 5.19. The molecule has 0 radical (unpaired) electrons. The van der Waals surface area contributed by atoms with Gasteiger partial charge in [-0.2, -0.15) is 0 Å². The van der Waals surface area contributed by atoms with E-state index in [0.29, 0.717) is 6.54 Å². The number of ether oxygens (including phenoxy) is 2. The Morgan fingerprint density at radius 3 is 2.68 bits per heavy atom. The third-order valence-electron chi connectivity index (χ3n) is 3.23. The van der Waals surface area contributed by atoms with Crippen LogP contribution in [0.5, 0.6) is 11.5 Å². The molecule has 5 heteroatoms. The van der Waals surface area contributed by atoms with E-state index in [1.165, 1.54) is 12.8 Å². The lowest BCUT2D eigenvalue weighted by atomic mass is 10.2. The topological polar surface area (TPSA) is 54.9 Å². The van der Waals surface area contributed by atoms with Gasteiger partial charge < -0.3 is 20.1 Å². The molecule has 0 aliphatic carbocycles. The summed E-state index contributed by atoms with van der Waals surface area (Å²) < 4.78 is 11.1. The predicted octanol–water partition coefficient (Wildman–Crippen LogP) is 2.82. The number of hydrogen-bond donors (Lipinski definition) is 2. The van der Waals surface area contributed by atoms with Crippen molar-refractivity contribution >= 4 is 5.96 Å². The minimum Gasteiger partial charge on any atom is -0.497 e. The molecule has 0 amide bonds. The molecule has 0 heterocycles. The van der Waals surface area contributed by atoms with Crippen LogP contribution in [-0.4, -0.2) is 39.3 Å². The van der Waals surface area contributed by atoms with Gasteiger partial charge in [-0.05, 0) is 25.5 Å². The Kier molecular flexibility index (Phi) is 8.88. The van der Waals surface area contributed by atoms with Crippen molar-refractivity contribution in [2.45, 2.75) is 39.2 Å². The van der Waals surface area contributed by atoms with Crippen LogP contribution in [0.3, 0.4) is 0 Å². The highest BCUT2D eigenvalue weighted by molar-refractivity contribution is 5.79. The van der Waals surface area contributed by atoms with Crippen LogP contribution in [0.4, 0.5) is 0 Å². The molecule has 1 atom stereocenters. The van der Waals surface area contributed by atoms with Crippen molar-refractivity contribution < 1.29 is 9.47 Å². The van der Waals surface area contributed by atoms with Crippen LogP contribution in [-0.2, 0) is 0 Å². The minimum atomic E-state index is 0.0290. The van der Waals surface area contributed by atoms with Crippen molar-refractivity contribution in [3.8, 4) is 11.5 Å². The Balaban J connectivity index is 2.32. The summed E-state index contributed by atoms with van der Waals surface area (Å²) in [5, 5.41) is 6.58. The summed E-state index contributed by atoms with van der Waals surface area (Å²) in [7, 11) is 3.43. The van der Waals surface area contributed by atoms with E-state index in [0.717, 1.165) is 30.4 Å². The van der Waals surface area contributed by atoms with E-state index in [2.05, 4.69) is 22.5 Å². The molecule has 1 unspecified atom stereocenters. The number of aliphatic imine (C=N–C) groups is 1. The number of rotatable bonds is 9. The van der Waals surface area contributed by atoms with E-state index in [-0.39, 0.29) is 6.10 Å². The minimum absolute atomic E-state index is 0.0290. The molecule has 5 nitrogen and oxygen atoms in total. The average molecular weight is 307 g/mol. The molecule has 0 aromatic heterocycles. The third-order valence-corrected chi connectivity index (χ3v) is 3.23. The molecule has 1 aromatic carbocycles. The Morgan fingerprint density at radius 2 is 2.00 bits per heavy atom. The van der Waals surface area contributed by atoms with Gasteiger partial charge in [0.15, 0.2) is 5.96 Å². The fraction of sp³-hybridized carbons (Fsp3) is 0.588. The molecule has 1 aromatic rings. The summed E-state index contributed by atoms with van der Waals surface area (Å²) in [6, 6.07) is 7.63. The third kappa shape index (κ3) is 7.20. The van der Waals surface area contributed by atoms with Crippen molar-refractivity contribution in [2.75, 3.05) is 27.2 Å². The van der Waals surface area contributed by atoms with Crippen molar-refractivity contribution in [3.05, 3.63) is 24.3 Å². The zero-order chi connectivity index (χ0) is 16.2. The first-order valence-corrected chi connectivity index (χ1v) is 7.94. The number of hydrogen-bond acceptors (Lipinski definition) is 3. The number of nitrogens with one attached hydrogen (secondary N) is 2. The van der Waals surface area contributed by atoms with Gasteiger partial charge in [-0.15, -0.1) is 0 Å². The summed E-state index contributed by atoms with van der Waals surface area (Å²) in [4.78, 5) is 4.21. The first-order valence-electron chi connectivity index (χ1n) is 7.94. The molecule has 0 aliphatic heterocycles. The van der Waals surface area contributed by atoms with E-state index >= 15 is 0 Å². The van der Waals surface area contributed by atoms with Crippen molar-refractivity contribution in [3.63, 3.8) is 0 Å². The Morgan fingerprint density at radius 1 is 1.23 bits per heavy atom. The molecule has 0 saturated carbocycles. The maximum Gasteiger partial charge on any atom is 0.191 e. The number of nitrogens with zero attached hydrogens (tertiary/aromatic N) is 1. The molecular weight excluding hydrogens is 278 g/mol. The summed E-state index contributed by atoms with van der Waals surface area (Å²) in [5.41, 5.74) is 0. The van der Waals surface area contributed by atoms with Gasteiger partial charge in [0, 0.05) is 19.7 Å². The van der Waals surface area contributed by atoms with Gasteiger partial charge in [0.25, 0.3) is 0 Å². The largest absolute Gasteiger partial charge is 0.497 e. The number of unbranched alkanes of at least 4 members (excludes halogenated alkanes) is 2. The smallest absolute Gasteiger partial charge is 0.191 e.